The summed E-state index contributed by atoms with van der Waals surface area (Å²) >= 11 is 1.34. The Morgan fingerprint density at radius 3 is 2.71 bits per heavy atom. The summed E-state index contributed by atoms with van der Waals surface area (Å²) in [5.74, 6) is 0.116. The van der Waals surface area contributed by atoms with Gasteiger partial charge in [0.2, 0.25) is 10.0 Å². The van der Waals surface area contributed by atoms with Crippen LogP contribution in [0.1, 0.15) is 25.1 Å². The van der Waals surface area contributed by atoms with E-state index in [-0.39, 0.29) is 5.75 Å². The third-order valence-electron chi connectivity index (χ3n) is 2.01. The maximum Gasteiger partial charge on any atom is 0.234 e. The van der Waals surface area contributed by atoms with Crippen LogP contribution in [0, 0.1) is 6.92 Å². The number of thiazole rings is 1. The molecule has 0 bridgehead atoms. The first kappa shape index (κ1) is 14.4. The summed E-state index contributed by atoms with van der Waals surface area (Å²) in [6.07, 6.45) is 2.25. The number of hydrogen-bond acceptors (Lipinski definition) is 5. The molecule has 2 N–H and O–H groups in total. The normalized spacial score (nSPS) is 12.0. The van der Waals surface area contributed by atoms with Crippen molar-refractivity contribution in [1.29, 1.82) is 0 Å². The Hall–Kier alpha value is -0.660. The molecule has 1 heterocycles. The maximum absolute atomic E-state index is 11.7. The molecule has 0 saturated carbocycles. The molecule has 0 aliphatic carbocycles. The fourth-order valence-electron chi connectivity index (χ4n) is 1.24. The predicted octanol–water partition coefficient (Wildman–Crippen LogP) is 1.58. The third-order valence-corrected chi connectivity index (χ3v) is 4.29. The molecule has 0 radical (unpaired) electrons. The smallest absolute Gasteiger partial charge is 0.234 e. The van der Waals surface area contributed by atoms with Gasteiger partial charge in [0, 0.05) is 17.1 Å². The molecule has 0 fully saturated rings. The predicted molar refractivity (Wildman–Crippen MR) is 72.0 cm³/mol. The first-order valence-corrected chi connectivity index (χ1v) is 8.02. The van der Waals surface area contributed by atoms with E-state index in [4.69, 9.17) is 0 Å². The average molecular weight is 277 g/mol. The quantitative estimate of drug-likeness (QED) is 0.742. The van der Waals surface area contributed by atoms with Gasteiger partial charge in [0.25, 0.3) is 0 Å². The Morgan fingerprint density at radius 2 is 2.18 bits per heavy atom. The molecule has 0 aromatic carbocycles. The van der Waals surface area contributed by atoms with Crippen molar-refractivity contribution in [3.05, 3.63) is 11.1 Å². The van der Waals surface area contributed by atoms with Crippen LogP contribution in [0.15, 0.2) is 6.20 Å². The number of nitrogens with one attached hydrogen (secondary N) is 2. The van der Waals surface area contributed by atoms with Crippen LogP contribution in [0.2, 0.25) is 0 Å². The Bertz CT molecular complexity index is 440. The highest BCUT2D eigenvalue weighted by atomic mass is 32.2. The second-order valence-corrected chi connectivity index (χ2v) is 7.24. The number of anilines is 1. The minimum absolute atomic E-state index is 0.116. The van der Waals surface area contributed by atoms with E-state index >= 15 is 0 Å². The molecule has 0 amide bonds. The van der Waals surface area contributed by atoms with Crippen molar-refractivity contribution < 1.29 is 8.42 Å². The highest BCUT2D eigenvalue weighted by molar-refractivity contribution is 7.92. The number of rotatable bonds is 7. The van der Waals surface area contributed by atoms with Crippen LogP contribution in [0.5, 0.6) is 0 Å². The van der Waals surface area contributed by atoms with Gasteiger partial charge < -0.3 is 5.32 Å². The van der Waals surface area contributed by atoms with Crippen LogP contribution in [0.25, 0.3) is 0 Å². The summed E-state index contributed by atoms with van der Waals surface area (Å²) in [5.41, 5.74) is 0. The van der Waals surface area contributed by atoms with E-state index in [0.717, 1.165) is 4.88 Å². The summed E-state index contributed by atoms with van der Waals surface area (Å²) in [5, 5.41) is 3.62. The molecular formula is C10H19N3O2S2. The van der Waals surface area contributed by atoms with Crippen molar-refractivity contribution in [2.24, 2.45) is 0 Å². The van der Waals surface area contributed by atoms with E-state index in [1.54, 1.807) is 6.20 Å². The van der Waals surface area contributed by atoms with Crippen molar-refractivity contribution in [2.45, 2.75) is 33.2 Å². The van der Waals surface area contributed by atoms with Crippen LogP contribution >= 0.6 is 11.3 Å². The Morgan fingerprint density at radius 1 is 1.47 bits per heavy atom. The lowest BCUT2D eigenvalue weighted by Gasteiger charge is -2.08. The fraction of sp³-hybridized carbons (Fsp3) is 0.700. The van der Waals surface area contributed by atoms with Crippen molar-refractivity contribution in [3.63, 3.8) is 0 Å². The van der Waals surface area contributed by atoms with E-state index in [9.17, 15) is 8.42 Å². The van der Waals surface area contributed by atoms with E-state index in [1.165, 1.54) is 11.3 Å². The lowest BCUT2D eigenvalue weighted by atomic mass is 10.4. The van der Waals surface area contributed by atoms with Crippen molar-refractivity contribution in [2.75, 3.05) is 17.0 Å². The maximum atomic E-state index is 11.7. The van der Waals surface area contributed by atoms with E-state index < -0.39 is 10.0 Å². The van der Waals surface area contributed by atoms with Crippen LogP contribution in [-0.2, 0) is 10.0 Å². The monoisotopic (exact) mass is 277 g/mol. The van der Waals surface area contributed by atoms with E-state index in [1.807, 2.05) is 20.8 Å². The Kier molecular flexibility index (Phi) is 5.35. The van der Waals surface area contributed by atoms with Crippen molar-refractivity contribution >= 4 is 26.5 Å². The molecule has 1 aromatic rings. The largest absolute Gasteiger partial charge is 0.314 e. The zero-order chi connectivity index (χ0) is 12.9. The minimum atomic E-state index is -3.26. The number of hydrogen-bond donors (Lipinski definition) is 2. The van der Waals surface area contributed by atoms with E-state index in [0.29, 0.717) is 24.1 Å². The second kappa shape index (κ2) is 6.32. The van der Waals surface area contributed by atoms with Gasteiger partial charge in [0.15, 0.2) is 5.13 Å². The molecule has 1 rings (SSSR count). The fourth-order valence-corrected chi connectivity index (χ4v) is 3.25. The molecule has 5 nitrogen and oxygen atoms in total. The number of sulfonamides is 1. The van der Waals surface area contributed by atoms with Crippen molar-refractivity contribution in [3.8, 4) is 0 Å². The van der Waals surface area contributed by atoms with Gasteiger partial charge >= 0.3 is 0 Å². The zero-order valence-electron chi connectivity index (χ0n) is 10.4. The molecule has 0 unspecified atom stereocenters. The van der Waals surface area contributed by atoms with Crippen LogP contribution < -0.4 is 10.0 Å². The van der Waals surface area contributed by atoms with Gasteiger partial charge in [-0.3, -0.25) is 4.72 Å². The molecule has 7 heteroatoms. The lowest BCUT2D eigenvalue weighted by molar-refractivity contribution is 0.571. The molecule has 17 heavy (non-hydrogen) atoms. The summed E-state index contributed by atoms with van der Waals surface area (Å²) < 4.78 is 25.8. The lowest BCUT2D eigenvalue weighted by Crippen LogP contribution is -2.26. The molecule has 0 aliphatic heterocycles. The molecule has 0 aliphatic rings. The molecule has 0 spiro atoms. The molecule has 1 aromatic heterocycles. The molecule has 0 saturated heterocycles. The summed E-state index contributed by atoms with van der Waals surface area (Å²) in [7, 11) is -3.26. The number of aryl methyl sites for hydroxylation is 1. The summed E-state index contributed by atoms with van der Waals surface area (Å²) in [6.45, 7) is 6.66. The second-order valence-electron chi connectivity index (χ2n) is 4.16. The highest BCUT2D eigenvalue weighted by Crippen LogP contribution is 2.17. The van der Waals surface area contributed by atoms with Gasteiger partial charge in [0.05, 0.1) is 5.75 Å². The number of aromatic nitrogens is 1. The minimum Gasteiger partial charge on any atom is -0.314 e. The van der Waals surface area contributed by atoms with Gasteiger partial charge in [0.1, 0.15) is 0 Å². The zero-order valence-corrected chi connectivity index (χ0v) is 12.0. The molecular weight excluding hydrogens is 258 g/mol. The van der Waals surface area contributed by atoms with Crippen LogP contribution in [0.3, 0.4) is 0 Å². The molecule has 0 atom stereocenters. The summed E-state index contributed by atoms with van der Waals surface area (Å²) in [4.78, 5) is 4.96. The van der Waals surface area contributed by atoms with Gasteiger partial charge in [-0.1, -0.05) is 13.8 Å². The first-order valence-electron chi connectivity index (χ1n) is 5.55. The average Bonchev–Trinajstić information content (AvgIpc) is 2.57. The summed E-state index contributed by atoms with van der Waals surface area (Å²) in [6, 6.07) is 0.382. The third kappa shape index (κ3) is 5.99. The topological polar surface area (TPSA) is 71.1 Å². The van der Waals surface area contributed by atoms with E-state index in [2.05, 4.69) is 15.0 Å². The first-order chi connectivity index (χ1) is 7.89. The molecule has 98 valence electrons. The number of nitrogens with zero attached hydrogens (tertiary/aromatic N) is 1. The van der Waals surface area contributed by atoms with Gasteiger partial charge in [-0.25, -0.2) is 13.4 Å². The Balaban J connectivity index is 2.36. The van der Waals surface area contributed by atoms with Crippen molar-refractivity contribution in [1.82, 2.24) is 10.3 Å². The Labute approximate surface area is 107 Å². The van der Waals surface area contributed by atoms with Gasteiger partial charge in [-0.05, 0) is 19.9 Å². The SMILES string of the molecule is Cc1cnc(NS(=O)(=O)CCCNC(C)C)s1. The standard InChI is InChI=1S/C10H19N3O2S2/c1-8(2)11-5-4-6-17(14,15)13-10-12-7-9(3)16-10/h7-8,11H,4-6H2,1-3H3,(H,12,13). The van der Waals surface area contributed by atoms with Gasteiger partial charge in [-0.15, -0.1) is 11.3 Å². The van der Waals surface area contributed by atoms with Crippen LogP contribution in [0.4, 0.5) is 5.13 Å². The highest BCUT2D eigenvalue weighted by Gasteiger charge is 2.11. The van der Waals surface area contributed by atoms with Gasteiger partial charge in [-0.2, -0.15) is 0 Å². The van der Waals surface area contributed by atoms with Crippen LogP contribution in [-0.4, -0.2) is 31.7 Å².